The van der Waals surface area contributed by atoms with Crippen LogP contribution in [0.3, 0.4) is 0 Å². The first-order valence-electron chi connectivity index (χ1n) is 14.7. The highest BCUT2D eigenvalue weighted by molar-refractivity contribution is 9.10. The lowest BCUT2D eigenvalue weighted by atomic mass is 9.98. The number of nitrogens with zero attached hydrogens (tertiary/aromatic N) is 7. The minimum atomic E-state index is -3.56. The van der Waals surface area contributed by atoms with Crippen molar-refractivity contribution >= 4 is 53.9 Å². The van der Waals surface area contributed by atoms with Crippen LogP contribution in [0.4, 0.5) is 20.7 Å². The van der Waals surface area contributed by atoms with E-state index in [4.69, 9.17) is 5.26 Å². The van der Waals surface area contributed by atoms with Gasteiger partial charge in [-0.15, -0.1) is 0 Å². The molecule has 11 nitrogen and oxygen atoms in total. The van der Waals surface area contributed by atoms with Crippen molar-refractivity contribution in [1.29, 1.82) is 5.26 Å². The number of aromatic nitrogens is 4. The predicted octanol–water partition coefficient (Wildman–Crippen LogP) is 6.90. The van der Waals surface area contributed by atoms with E-state index in [1.54, 1.807) is 30.3 Å². The highest BCUT2D eigenvalue weighted by Crippen LogP contribution is 2.34. The average molecular weight is 777 g/mol. The molecule has 0 aliphatic heterocycles. The third-order valence-corrected chi connectivity index (χ3v) is 10.1. The smallest absolute Gasteiger partial charge is 0.239 e. The van der Waals surface area contributed by atoms with E-state index in [9.17, 15) is 25.6 Å². The normalized spacial score (nSPS) is 11.8. The molecule has 0 unspecified atom stereocenters. The second-order valence-electron chi connectivity index (χ2n) is 11.5. The second kappa shape index (κ2) is 15.9. The van der Waals surface area contributed by atoms with Gasteiger partial charge in [0.2, 0.25) is 31.9 Å². The molecular weight excluding hydrogens is 740 g/mol. The molecule has 0 amide bonds. The molecule has 0 atom stereocenters. The molecule has 260 valence electrons. The fourth-order valence-corrected chi connectivity index (χ4v) is 5.86. The predicted molar refractivity (Wildman–Crippen MR) is 192 cm³/mol. The highest BCUT2D eigenvalue weighted by Gasteiger charge is 2.23. The molecule has 2 aromatic heterocycles. The van der Waals surface area contributed by atoms with Gasteiger partial charge in [0, 0.05) is 36.9 Å². The van der Waals surface area contributed by atoms with E-state index >= 15 is 0 Å². The number of benzene rings is 2. The van der Waals surface area contributed by atoms with Crippen LogP contribution in [-0.4, -0.2) is 63.4 Å². The molecule has 4 aromatic rings. The average Bonchev–Trinajstić information content (AvgIpc) is 3.03. The summed E-state index contributed by atoms with van der Waals surface area (Å²) in [6, 6.07) is 13.5. The lowest BCUT2D eigenvalue weighted by Gasteiger charge is -2.20. The summed E-state index contributed by atoms with van der Waals surface area (Å²) >= 11 is 3.48. The molecule has 49 heavy (non-hydrogen) atoms. The summed E-state index contributed by atoms with van der Waals surface area (Å²) in [6.07, 6.45) is 5.04. The van der Waals surface area contributed by atoms with Crippen molar-refractivity contribution in [2.75, 3.05) is 35.2 Å². The molecule has 2 aromatic carbocycles. The lowest BCUT2D eigenvalue weighted by molar-refractivity contribution is 0.597. The first-order valence-corrected chi connectivity index (χ1v) is 19.2. The van der Waals surface area contributed by atoms with Gasteiger partial charge in [-0.2, -0.15) is 5.26 Å². The Morgan fingerprint density at radius 3 is 1.49 bits per heavy atom. The number of hydrogen-bond donors (Lipinski definition) is 0. The van der Waals surface area contributed by atoms with E-state index in [0.717, 1.165) is 21.1 Å². The van der Waals surface area contributed by atoms with Crippen LogP contribution in [0.2, 0.25) is 0 Å². The second-order valence-corrected chi connectivity index (χ2v) is 16.3. The van der Waals surface area contributed by atoms with Gasteiger partial charge in [0.25, 0.3) is 0 Å². The molecule has 0 saturated heterocycles. The maximum absolute atomic E-state index is 13.3. The van der Waals surface area contributed by atoms with E-state index < -0.39 is 25.9 Å². The third-order valence-electron chi connectivity index (χ3n) is 7.04. The minimum absolute atomic E-state index is 0.0182. The van der Waals surface area contributed by atoms with Gasteiger partial charge in [0.05, 0.1) is 45.8 Å². The fourth-order valence-electron chi connectivity index (χ4n) is 4.24. The zero-order chi connectivity index (χ0) is 36.8. The Balaban J connectivity index is 0.000000267. The number of sulfonamides is 2. The summed E-state index contributed by atoms with van der Waals surface area (Å²) in [7, 11) is -4.27. The molecular formula is C33H36BrF2N7O4S2. The molecule has 2 heterocycles. The Hall–Kier alpha value is -4.33. The summed E-state index contributed by atoms with van der Waals surface area (Å²) in [6.45, 7) is 7.72. The van der Waals surface area contributed by atoms with E-state index in [2.05, 4.69) is 35.9 Å². The van der Waals surface area contributed by atoms with Gasteiger partial charge in [-0.1, -0.05) is 27.7 Å². The van der Waals surface area contributed by atoms with Crippen molar-refractivity contribution in [2.24, 2.45) is 0 Å². The van der Waals surface area contributed by atoms with E-state index in [0.29, 0.717) is 43.9 Å². The summed E-state index contributed by atoms with van der Waals surface area (Å²) in [5.74, 6) is -0.644. The van der Waals surface area contributed by atoms with Crippen LogP contribution in [0.25, 0.3) is 28.6 Å². The molecule has 16 heteroatoms. The Morgan fingerprint density at radius 2 is 1.10 bits per heavy atom. The van der Waals surface area contributed by atoms with Crippen LogP contribution >= 0.6 is 15.9 Å². The van der Waals surface area contributed by atoms with Crippen molar-refractivity contribution in [3.63, 3.8) is 0 Å². The molecule has 0 bridgehead atoms. The van der Waals surface area contributed by atoms with Crippen LogP contribution in [0.5, 0.6) is 0 Å². The van der Waals surface area contributed by atoms with Crippen molar-refractivity contribution in [1.82, 2.24) is 19.9 Å². The van der Waals surface area contributed by atoms with Gasteiger partial charge in [0.15, 0.2) is 0 Å². The van der Waals surface area contributed by atoms with Gasteiger partial charge in [-0.3, -0.25) is 0 Å². The van der Waals surface area contributed by atoms with E-state index in [1.165, 1.54) is 44.4 Å². The van der Waals surface area contributed by atoms with Gasteiger partial charge < -0.3 is 0 Å². The summed E-state index contributed by atoms with van der Waals surface area (Å²) in [5.41, 5.74) is 4.09. The SMILES string of the molecule is CC(C)c1nc(N(C)S(C)(=O)=O)nc(-c2ccc(F)cc2)c1/C=C/C#N.CC(C)c1nc(N(C)S(C)(=O)=O)nc(-c2ccc(F)cc2)c1Br. The number of hydrogen-bond acceptors (Lipinski definition) is 9. The van der Waals surface area contributed by atoms with Crippen molar-refractivity contribution in [2.45, 2.75) is 39.5 Å². The monoisotopic (exact) mass is 775 g/mol. The van der Waals surface area contributed by atoms with Crippen LogP contribution in [0.15, 0.2) is 59.1 Å². The first-order chi connectivity index (χ1) is 22.8. The van der Waals surface area contributed by atoms with Gasteiger partial charge in [0.1, 0.15) is 11.6 Å². The van der Waals surface area contributed by atoms with Crippen molar-refractivity contribution in [3.8, 4) is 28.6 Å². The molecule has 0 fully saturated rings. The summed E-state index contributed by atoms with van der Waals surface area (Å²) < 4.78 is 76.5. The minimum Gasteiger partial charge on any atom is -0.241 e. The standard InChI is InChI=1S/C18H19FN4O2S.C15H17BrFN3O2S/c1-12(2)16-15(6-5-11-20)17(13-7-9-14(19)10-8-13)22-18(21-16)23(3)26(4,24)25;1-9(2)13-12(16)14(10-5-7-11(17)8-6-10)19-15(18-13)20(3)23(4,21)22/h5-10,12H,1-4H3;5-9H,1-4H3/b6-5+;. The van der Waals surface area contributed by atoms with Crippen LogP contribution in [0.1, 0.15) is 56.5 Å². The van der Waals surface area contributed by atoms with Crippen molar-refractivity contribution in [3.05, 3.63) is 87.7 Å². The Bertz CT molecular complexity index is 2100. The summed E-state index contributed by atoms with van der Waals surface area (Å²) in [5, 5.41) is 8.89. The summed E-state index contributed by atoms with van der Waals surface area (Å²) in [4.78, 5) is 17.5. The number of rotatable bonds is 9. The molecule has 0 radical (unpaired) electrons. The number of allylic oxidation sites excluding steroid dienone is 1. The van der Waals surface area contributed by atoms with Crippen LogP contribution in [-0.2, 0) is 20.0 Å². The zero-order valence-corrected chi connectivity index (χ0v) is 31.4. The quantitative estimate of drug-likeness (QED) is 0.165. The number of halogens is 3. The topological polar surface area (TPSA) is 150 Å². The van der Waals surface area contributed by atoms with Crippen molar-refractivity contribution < 1.29 is 25.6 Å². The van der Waals surface area contributed by atoms with E-state index in [-0.39, 0.29) is 29.5 Å². The Morgan fingerprint density at radius 1 is 0.714 bits per heavy atom. The van der Waals surface area contributed by atoms with Crippen LogP contribution < -0.4 is 8.61 Å². The maximum Gasteiger partial charge on any atom is 0.239 e. The molecule has 0 N–H and O–H groups in total. The molecule has 0 saturated carbocycles. The maximum atomic E-state index is 13.3. The lowest BCUT2D eigenvalue weighted by Crippen LogP contribution is -2.27. The molecule has 4 rings (SSSR count). The van der Waals surface area contributed by atoms with Gasteiger partial charge in [-0.05, 0) is 82.4 Å². The van der Waals surface area contributed by atoms with E-state index in [1.807, 2.05) is 33.8 Å². The zero-order valence-electron chi connectivity index (χ0n) is 28.1. The largest absolute Gasteiger partial charge is 0.241 e. The van der Waals surface area contributed by atoms with Gasteiger partial charge >= 0.3 is 0 Å². The third kappa shape index (κ3) is 9.87. The number of anilines is 2. The Kier molecular flexibility index (Phi) is 12.7. The molecule has 0 aliphatic rings. The molecule has 0 aliphatic carbocycles. The molecule has 0 spiro atoms. The fraction of sp³-hybridized carbons (Fsp3) is 0.303. The highest BCUT2D eigenvalue weighted by atomic mass is 79.9. The first kappa shape index (κ1) is 39.1. The van der Waals surface area contributed by atoms with Crippen LogP contribution in [0, 0.1) is 23.0 Å². The number of nitriles is 1. The van der Waals surface area contributed by atoms with Gasteiger partial charge in [-0.25, -0.2) is 54.2 Å². The Labute approximate surface area is 294 Å².